The van der Waals surface area contributed by atoms with Crippen molar-refractivity contribution in [3.8, 4) is 5.75 Å². The molecule has 18 heavy (non-hydrogen) atoms. The lowest BCUT2D eigenvalue weighted by atomic mass is 10.1. The predicted molar refractivity (Wildman–Crippen MR) is 51.7 cm³/mol. The normalized spacial score (nSPS) is 10.9. The van der Waals surface area contributed by atoms with Gasteiger partial charge in [-0.3, -0.25) is 10.2 Å². The number of rotatable bonds is 3. The number of hydrogen-bond acceptors (Lipinski definition) is 4. The molecule has 0 fully saturated rings. The molecule has 0 heterocycles. The minimum Gasteiger partial charge on any atom is -0.478 e. The zero-order valence-corrected chi connectivity index (χ0v) is 8.62. The second-order valence-electron chi connectivity index (χ2n) is 3.03. The molecular formula is C9H7F3N2O4. The highest BCUT2D eigenvalue weighted by molar-refractivity contribution is 6.04. The molecule has 6 nitrogen and oxygen atoms in total. The van der Waals surface area contributed by atoms with Gasteiger partial charge in [-0.25, -0.2) is 10.6 Å². The first-order valence-electron chi connectivity index (χ1n) is 4.38. The molecule has 1 amide bonds. The molecule has 0 aliphatic heterocycles. The standard InChI is InChI=1S/C9H7F3N2O4/c10-9(11,12)18-4-1-2-5(8(16)17)6(3-4)7(15)14-13/h1-3H,13H2,(H,14,15)(H,16,17). The van der Waals surface area contributed by atoms with E-state index < -0.39 is 35.1 Å². The number of amides is 1. The number of carbonyl (C=O) groups is 2. The number of nitrogens with two attached hydrogens (primary N) is 1. The summed E-state index contributed by atoms with van der Waals surface area (Å²) >= 11 is 0. The monoisotopic (exact) mass is 264 g/mol. The van der Waals surface area contributed by atoms with E-state index >= 15 is 0 Å². The van der Waals surface area contributed by atoms with Gasteiger partial charge in [0.15, 0.2) is 0 Å². The zero-order valence-electron chi connectivity index (χ0n) is 8.62. The average Bonchev–Trinajstić information content (AvgIpc) is 2.25. The predicted octanol–water partition coefficient (Wildman–Crippen LogP) is 0.887. The summed E-state index contributed by atoms with van der Waals surface area (Å²) in [7, 11) is 0. The summed E-state index contributed by atoms with van der Waals surface area (Å²) in [6.45, 7) is 0. The second kappa shape index (κ2) is 4.92. The first-order chi connectivity index (χ1) is 8.24. The first kappa shape index (κ1) is 13.8. The van der Waals surface area contributed by atoms with Crippen molar-refractivity contribution in [2.24, 2.45) is 5.84 Å². The van der Waals surface area contributed by atoms with E-state index in [1.54, 1.807) is 5.43 Å². The topological polar surface area (TPSA) is 102 Å². The number of nitrogens with one attached hydrogen (secondary N) is 1. The van der Waals surface area contributed by atoms with Crippen LogP contribution in [0.5, 0.6) is 5.75 Å². The van der Waals surface area contributed by atoms with Gasteiger partial charge >= 0.3 is 12.3 Å². The molecule has 0 unspecified atom stereocenters. The third-order valence-corrected chi connectivity index (χ3v) is 1.83. The number of benzene rings is 1. The van der Waals surface area contributed by atoms with Crippen LogP contribution in [0.2, 0.25) is 0 Å². The number of carbonyl (C=O) groups excluding carboxylic acids is 1. The van der Waals surface area contributed by atoms with Crippen LogP contribution in [0.3, 0.4) is 0 Å². The van der Waals surface area contributed by atoms with Crippen molar-refractivity contribution >= 4 is 11.9 Å². The van der Waals surface area contributed by atoms with Gasteiger partial charge in [0.25, 0.3) is 5.91 Å². The minimum absolute atomic E-state index is 0.493. The van der Waals surface area contributed by atoms with Gasteiger partial charge < -0.3 is 9.84 Å². The van der Waals surface area contributed by atoms with Crippen LogP contribution >= 0.6 is 0 Å². The quantitative estimate of drug-likeness (QED) is 0.427. The van der Waals surface area contributed by atoms with Gasteiger partial charge in [-0.1, -0.05) is 0 Å². The van der Waals surface area contributed by atoms with Gasteiger partial charge in [-0.05, 0) is 18.2 Å². The summed E-state index contributed by atoms with van der Waals surface area (Å²) in [5.41, 5.74) is 0.599. The number of hydrazine groups is 1. The number of carboxylic acid groups (broad SMARTS) is 1. The lowest BCUT2D eigenvalue weighted by Gasteiger charge is -2.11. The number of nitrogen functional groups attached to an aromatic ring is 1. The van der Waals surface area contributed by atoms with E-state index in [-0.39, 0.29) is 0 Å². The number of halogens is 3. The van der Waals surface area contributed by atoms with Crippen molar-refractivity contribution in [1.29, 1.82) is 0 Å². The molecule has 98 valence electrons. The largest absolute Gasteiger partial charge is 0.573 e. The Kier molecular flexibility index (Phi) is 3.76. The molecule has 0 bridgehead atoms. The summed E-state index contributed by atoms with van der Waals surface area (Å²) in [6, 6.07) is 2.23. The van der Waals surface area contributed by atoms with Gasteiger partial charge in [-0.2, -0.15) is 0 Å². The number of carboxylic acids is 1. The van der Waals surface area contributed by atoms with Crippen LogP contribution < -0.4 is 16.0 Å². The molecule has 0 saturated heterocycles. The molecule has 4 N–H and O–H groups in total. The van der Waals surface area contributed by atoms with E-state index in [1.807, 2.05) is 0 Å². The van der Waals surface area contributed by atoms with E-state index in [0.29, 0.717) is 6.07 Å². The number of ether oxygens (including phenoxy) is 1. The maximum absolute atomic E-state index is 12.0. The fraction of sp³-hybridized carbons (Fsp3) is 0.111. The van der Waals surface area contributed by atoms with Crippen molar-refractivity contribution in [3.63, 3.8) is 0 Å². The van der Waals surface area contributed by atoms with E-state index in [4.69, 9.17) is 10.9 Å². The van der Waals surface area contributed by atoms with Gasteiger partial charge in [0.05, 0.1) is 11.1 Å². The Morgan fingerprint density at radius 2 is 1.89 bits per heavy atom. The van der Waals surface area contributed by atoms with Crippen molar-refractivity contribution in [2.75, 3.05) is 0 Å². The summed E-state index contributed by atoms with van der Waals surface area (Å²) in [5, 5.41) is 8.75. The molecule has 0 aliphatic carbocycles. The number of aromatic carboxylic acids is 1. The van der Waals surface area contributed by atoms with Crippen molar-refractivity contribution in [2.45, 2.75) is 6.36 Å². The second-order valence-corrected chi connectivity index (χ2v) is 3.03. The highest BCUT2D eigenvalue weighted by Gasteiger charge is 2.31. The molecule has 0 aromatic heterocycles. The van der Waals surface area contributed by atoms with Crippen LogP contribution in [0.4, 0.5) is 13.2 Å². The highest BCUT2D eigenvalue weighted by Crippen LogP contribution is 2.25. The molecule has 0 radical (unpaired) electrons. The Balaban J connectivity index is 3.21. The van der Waals surface area contributed by atoms with Crippen LogP contribution in [-0.4, -0.2) is 23.3 Å². The minimum atomic E-state index is -4.94. The SMILES string of the molecule is NNC(=O)c1cc(OC(F)(F)F)ccc1C(=O)O. The maximum atomic E-state index is 12.0. The molecule has 0 aliphatic rings. The maximum Gasteiger partial charge on any atom is 0.573 e. The number of alkyl halides is 3. The fourth-order valence-electron chi connectivity index (χ4n) is 1.17. The summed E-state index contributed by atoms with van der Waals surface area (Å²) < 4.78 is 39.4. The van der Waals surface area contributed by atoms with E-state index in [9.17, 15) is 22.8 Å². The van der Waals surface area contributed by atoms with Crippen molar-refractivity contribution in [3.05, 3.63) is 29.3 Å². The molecule has 1 aromatic rings. The third-order valence-electron chi connectivity index (χ3n) is 1.83. The molecule has 1 rings (SSSR count). The van der Waals surface area contributed by atoms with E-state index in [1.165, 1.54) is 0 Å². The van der Waals surface area contributed by atoms with Gasteiger partial charge in [0, 0.05) is 0 Å². The van der Waals surface area contributed by atoms with Crippen molar-refractivity contribution in [1.82, 2.24) is 5.43 Å². The van der Waals surface area contributed by atoms with Crippen molar-refractivity contribution < 1.29 is 32.6 Å². The molecule has 9 heteroatoms. The average molecular weight is 264 g/mol. The summed E-state index contributed by atoms with van der Waals surface area (Å²) in [4.78, 5) is 22.0. The van der Waals surface area contributed by atoms with Gasteiger partial charge in [0.2, 0.25) is 0 Å². The van der Waals surface area contributed by atoms with Crippen LogP contribution in [0.25, 0.3) is 0 Å². The third kappa shape index (κ3) is 3.35. The van der Waals surface area contributed by atoms with Crippen LogP contribution in [0.1, 0.15) is 20.7 Å². The Labute approximate surface area is 98.1 Å². The molecular weight excluding hydrogens is 257 g/mol. The van der Waals surface area contributed by atoms with Crippen LogP contribution in [0, 0.1) is 0 Å². The lowest BCUT2D eigenvalue weighted by Crippen LogP contribution is -2.31. The van der Waals surface area contributed by atoms with E-state index in [2.05, 4.69) is 4.74 Å². The zero-order chi connectivity index (χ0) is 13.9. The Bertz CT molecular complexity index is 487. The fourth-order valence-corrected chi connectivity index (χ4v) is 1.17. The highest BCUT2D eigenvalue weighted by atomic mass is 19.4. The molecule has 1 aromatic carbocycles. The summed E-state index contributed by atoms with van der Waals surface area (Å²) in [5.74, 6) is 1.56. The smallest absolute Gasteiger partial charge is 0.478 e. The van der Waals surface area contributed by atoms with Crippen LogP contribution in [-0.2, 0) is 0 Å². The Morgan fingerprint density at radius 3 is 2.33 bits per heavy atom. The summed E-state index contributed by atoms with van der Waals surface area (Å²) in [6.07, 6.45) is -4.94. The Hall–Kier alpha value is -2.29. The van der Waals surface area contributed by atoms with Gasteiger partial charge in [0.1, 0.15) is 5.75 Å². The van der Waals surface area contributed by atoms with Crippen LogP contribution in [0.15, 0.2) is 18.2 Å². The first-order valence-corrected chi connectivity index (χ1v) is 4.38. The number of hydrogen-bond donors (Lipinski definition) is 3. The molecule has 0 spiro atoms. The van der Waals surface area contributed by atoms with E-state index in [0.717, 1.165) is 12.1 Å². The molecule has 0 atom stereocenters. The van der Waals surface area contributed by atoms with Gasteiger partial charge in [-0.15, -0.1) is 13.2 Å². The Morgan fingerprint density at radius 1 is 1.28 bits per heavy atom. The molecule has 0 saturated carbocycles. The lowest BCUT2D eigenvalue weighted by molar-refractivity contribution is -0.274.